The first kappa shape index (κ1) is 12.5. The molecule has 1 N–H and O–H groups in total. The lowest BCUT2D eigenvalue weighted by atomic mass is 9.89. The van der Waals surface area contributed by atoms with Crippen molar-refractivity contribution in [2.24, 2.45) is 5.92 Å². The summed E-state index contributed by atoms with van der Waals surface area (Å²) in [6.07, 6.45) is 5.61. The number of esters is 1. The van der Waals surface area contributed by atoms with E-state index < -0.39 is 0 Å². The molecule has 3 heteroatoms. The van der Waals surface area contributed by atoms with Crippen LogP contribution in [0.4, 0.5) is 5.69 Å². The highest BCUT2D eigenvalue weighted by Crippen LogP contribution is 2.28. The van der Waals surface area contributed by atoms with Crippen molar-refractivity contribution in [3.63, 3.8) is 0 Å². The lowest BCUT2D eigenvalue weighted by Crippen LogP contribution is -2.24. The van der Waals surface area contributed by atoms with E-state index in [-0.39, 0.29) is 12.1 Å². The fraction of sp³-hybridized carbons (Fsp3) is 0.562. The number of hydrogen-bond donors (Lipinski definition) is 1. The Morgan fingerprint density at radius 1 is 1.37 bits per heavy atom. The standard InChI is InChI=1S/C16H21NO2/c1-11-3-2-4-14(9-11)19-16(18)13-6-5-12-7-8-17-15(12)10-13/h5-6,10-11,14,17H,2-4,7-9H2,1H3. The molecule has 1 aliphatic carbocycles. The monoisotopic (exact) mass is 259 g/mol. The van der Waals surface area contributed by atoms with Gasteiger partial charge in [0.05, 0.1) is 5.56 Å². The molecule has 1 heterocycles. The van der Waals surface area contributed by atoms with Gasteiger partial charge in [0.15, 0.2) is 0 Å². The highest BCUT2D eigenvalue weighted by molar-refractivity contribution is 5.91. The van der Waals surface area contributed by atoms with Crippen molar-refractivity contribution in [1.29, 1.82) is 0 Å². The van der Waals surface area contributed by atoms with Crippen molar-refractivity contribution in [2.75, 3.05) is 11.9 Å². The van der Waals surface area contributed by atoms with Gasteiger partial charge in [0.25, 0.3) is 0 Å². The molecule has 1 aromatic carbocycles. The maximum atomic E-state index is 12.2. The predicted molar refractivity (Wildman–Crippen MR) is 75.5 cm³/mol. The van der Waals surface area contributed by atoms with Crippen molar-refractivity contribution in [3.8, 4) is 0 Å². The second-order valence-electron chi connectivity index (χ2n) is 5.85. The van der Waals surface area contributed by atoms with Crippen LogP contribution in [-0.4, -0.2) is 18.6 Å². The third kappa shape index (κ3) is 2.75. The molecule has 0 spiro atoms. The van der Waals surface area contributed by atoms with Crippen LogP contribution in [0.1, 0.15) is 48.5 Å². The number of anilines is 1. The van der Waals surface area contributed by atoms with E-state index in [9.17, 15) is 4.79 Å². The Hall–Kier alpha value is -1.51. The number of rotatable bonds is 2. The van der Waals surface area contributed by atoms with E-state index in [1.165, 1.54) is 18.4 Å². The fourth-order valence-electron chi connectivity index (χ4n) is 3.12. The largest absolute Gasteiger partial charge is 0.459 e. The summed E-state index contributed by atoms with van der Waals surface area (Å²) in [4.78, 5) is 12.2. The molecule has 0 bridgehead atoms. The number of fused-ring (bicyclic) bond motifs is 1. The summed E-state index contributed by atoms with van der Waals surface area (Å²) in [6.45, 7) is 3.20. The molecular formula is C16H21NO2. The van der Waals surface area contributed by atoms with E-state index in [4.69, 9.17) is 4.74 Å². The van der Waals surface area contributed by atoms with Crippen molar-refractivity contribution < 1.29 is 9.53 Å². The third-order valence-electron chi connectivity index (χ3n) is 4.22. The van der Waals surface area contributed by atoms with E-state index in [0.717, 1.165) is 31.5 Å². The Morgan fingerprint density at radius 2 is 2.26 bits per heavy atom. The van der Waals surface area contributed by atoms with Crippen molar-refractivity contribution in [2.45, 2.75) is 45.1 Å². The maximum Gasteiger partial charge on any atom is 0.338 e. The summed E-state index contributed by atoms with van der Waals surface area (Å²) in [5, 5.41) is 3.30. The number of carbonyl (C=O) groups is 1. The summed E-state index contributed by atoms with van der Waals surface area (Å²) >= 11 is 0. The zero-order valence-electron chi connectivity index (χ0n) is 11.4. The molecule has 1 saturated carbocycles. The molecule has 2 aliphatic rings. The summed E-state index contributed by atoms with van der Waals surface area (Å²) < 4.78 is 5.64. The first-order valence-corrected chi connectivity index (χ1v) is 7.30. The van der Waals surface area contributed by atoms with Crippen LogP contribution < -0.4 is 5.32 Å². The smallest absolute Gasteiger partial charge is 0.338 e. The average Bonchev–Trinajstić information content (AvgIpc) is 2.85. The van der Waals surface area contributed by atoms with Crippen LogP contribution in [0.25, 0.3) is 0 Å². The number of carbonyl (C=O) groups excluding carboxylic acids is 1. The molecule has 0 saturated heterocycles. The highest BCUT2D eigenvalue weighted by atomic mass is 16.5. The average molecular weight is 259 g/mol. The number of ether oxygens (including phenoxy) is 1. The molecule has 0 radical (unpaired) electrons. The van der Waals surface area contributed by atoms with Crippen molar-refractivity contribution >= 4 is 11.7 Å². The molecule has 19 heavy (non-hydrogen) atoms. The van der Waals surface area contributed by atoms with Gasteiger partial charge in [0.2, 0.25) is 0 Å². The molecule has 3 rings (SSSR count). The quantitative estimate of drug-likeness (QED) is 0.827. The molecule has 1 aliphatic heterocycles. The first-order valence-electron chi connectivity index (χ1n) is 7.30. The van der Waals surface area contributed by atoms with Gasteiger partial charge in [-0.3, -0.25) is 0 Å². The van der Waals surface area contributed by atoms with Crippen LogP contribution in [0.5, 0.6) is 0 Å². The van der Waals surface area contributed by atoms with E-state index in [1.807, 2.05) is 18.2 Å². The lowest BCUT2D eigenvalue weighted by molar-refractivity contribution is 0.0155. The molecule has 3 nitrogen and oxygen atoms in total. The first-order chi connectivity index (χ1) is 9.22. The summed E-state index contributed by atoms with van der Waals surface area (Å²) in [5.74, 6) is 0.504. The fourth-order valence-corrected chi connectivity index (χ4v) is 3.12. The SMILES string of the molecule is CC1CCCC(OC(=O)c2ccc3c(c2)NCC3)C1. The minimum Gasteiger partial charge on any atom is -0.459 e. The Balaban J connectivity index is 1.67. The Kier molecular flexibility index (Phi) is 3.45. The molecule has 2 atom stereocenters. The number of benzene rings is 1. The van der Waals surface area contributed by atoms with E-state index in [1.54, 1.807) is 0 Å². The molecule has 1 fully saturated rings. The highest BCUT2D eigenvalue weighted by Gasteiger charge is 2.23. The van der Waals surface area contributed by atoms with Crippen LogP contribution >= 0.6 is 0 Å². The van der Waals surface area contributed by atoms with Crippen LogP contribution in [0.2, 0.25) is 0 Å². The second kappa shape index (κ2) is 5.24. The zero-order valence-corrected chi connectivity index (χ0v) is 11.4. The number of nitrogens with one attached hydrogen (secondary N) is 1. The van der Waals surface area contributed by atoms with Gasteiger partial charge in [-0.15, -0.1) is 0 Å². The van der Waals surface area contributed by atoms with E-state index >= 15 is 0 Å². The lowest BCUT2D eigenvalue weighted by Gasteiger charge is -2.26. The molecule has 102 valence electrons. The maximum absolute atomic E-state index is 12.2. The topological polar surface area (TPSA) is 38.3 Å². The molecule has 2 unspecified atom stereocenters. The minimum atomic E-state index is -0.171. The Labute approximate surface area is 114 Å². The Bertz CT molecular complexity index is 484. The van der Waals surface area contributed by atoms with E-state index in [0.29, 0.717) is 11.5 Å². The van der Waals surface area contributed by atoms with Gasteiger partial charge in [-0.1, -0.05) is 19.4 Å². The van der Waals surface area contributed by atoms with Gasteiger partial charge in [0, 0.05) is 12.2 Å². The predicted octanol–water partition coefficient (Wildman–Crippen LogP) is 3.39. The van der Waals surface area contributed by atoms with Gasteiger partial charge in [-0.05, 0) is 49.3 Å². The third-order valence-corrected chi connectivity index (χ3v) is 4.22. The Morgan fingerprint density at radius 3 is 3.11 bits per heavy atom. The molecule has 0 aromatic heterocycles. The minimum absolute atomic E-state index is 0.109. The summed E-state index contributed by atoms with van der Waals surface area (Å²) in [7, 11) is 0. The van der Waals surface area contributed by atoms with Gasteiger partial charge in [-0.25, -0.2) is 4.79 Å². The van der Waals surface area contributed by atoms with Crippen LogP contribution in [0.15, 0.2) is 18.2 Å². The summed E-state index contributed by atoms with van der Waals surface area (Å²) in [5.41, 5.74) is 3.06. The van der Waals surface area contributed by atoms with Gasteiger partial charge in [0.1, 0.15) is 6.10 Å². The van der Waals surface area contributed by atoms with Gasteiger partial charge in [-0.2, -0.15) is 0 Å². The van der Waals surface area contributed by atoms with Crippen LogP contribution in [0, 0.1) is 5.92 Å². The van der Waals surface area contributed by atoms with Crippen molar-refractivity contribution in [3.05, 3.63) is 29.3 Å². The molecule has 1 aromatic rings. The zero-order chi connectivity index (χ0) is 13.2. The summed E-state index contributed by atoms with van der Waals surface area (Å²) in [6, 6.07) is 5.85. The normalized spacial score (nSPS) is 25.5. The van der Waals surface area contributed by atoms with Gasteiger partial charge >= 0.3 is 5.97 Å². The molecular weight excluding hydrogens is 238 g/mol. The van der Waals surface area contributed by atoms with Crippen molar-refractivity contribution in [1.82, 2.24) is 0 Å². The van der Waals surface area contributed by atoms with Crippen LogP contribution in [-0.2, 0) is 11.2 Å². The van der Waals surface area contributed by atoms with Crippen LogP contribution in [0.3, 0.4) is 0 Å². The van der Waals surface area contributed by atoms with E-state index in [2.05, 4.69) is 12.2 Å². The number of hydrogen-bond acceptors (Lipinski definition) is 3. The second-order valence-corrected chi connectivity index (χ2v) is 5.85. The van der Waals surface area contributed by atoms with Gasteiger partial charge < -0.3 is 10.1 Å². The molecule has 0 amide bonds.